The molecule has 0 aliphatic carbocycles. The van der Waals surface area contributed by atoms with E-state index in [2.05, 4.69) is 4.98 Å². The first-order chi connectivity index (χ1) is 16.6. The minimum Gasteiger partial charge on any atom is -0.508 e. The van der Waals surface area contributed by atoms with E-state index in [1.807, 2.05) is 20.8 Å². The van der Waals surface area contributed by atoms with Gasteiger partial charge in [0.15, 0.2) is 0 Å². The van der Waals surface area contributed by atoms with Gasteiger partial charge >= 0.3 is 0 Å². The van der Waals surface area contributed by atoms with Gasteiger partial charge in [0.1, 0.15) is 17.3 Å². The molecule has 2 heterocycles. The van der Waals surface area contributed by atoms with Gasteiger partial charge in [-0.15, -0.1) is 0 Å². The molecule has 1 aromatic heterocycles. The van der Waals surface area contributed by atoms with Gasteiger partial charge in [0, 0.05) is 30.1 Å². The number of phenols is 1. The Morgan fingerprint density at radius 1 is 1.06 bits per heavy atom. The van der Waals surface area contributed by atoms with Crippen LogP contribution in [-0.2, 0) is 21.5 Å². The highest BCUT2D eigenvalue weighted by atomic mass is 16.5. The molecule has 2 N–H and O–H groups in total. The minimum atomic E-state index is -0.879. The normalized spacial score (nSPS) is 17.6. The molecule has 1 atom stereocenters. The second-order valence-corrected chi connectivity index (χ2v) is 9.54. The van der Waals surface area contributed by atoms with Crippen LogP contribution in [0.1, 0.15) is 49.1 Å². The molecule has 3 aromatic rings. The zero-order chi connectivity index (χ0) is 25.3. The molecule has 2 aromatic carbocycles. The van der Waals surface area contributed by atoms with E-state index < -0.39 is 17.7 Å². The van der Waals surface area contributed by atoms with Crippen molar-refractivity contribution in [2.75, 3.05) is 7.11 Å². The number of likely N-dealkylation sites (tertiary alicyclic amines) is 1. The zero-order valence-electron chi connectivity index (χ0n) is 20.1. The molecular formula is C28H28N2O5. The molecule has 1 fully saturated rings. The number of rotatable bonds is 5. The summed E-state index contributed by atoms with van der Waals surface area (Å²) in [5.41, 5.74) is 2.24. The Morgan fingerprint density at radius 2 is 1.77 bits per heavy atom. The fourth-order valence-corrected chi connectivity index (χ4v) is 4.37. The Morgan fingerprint density at radius 3 is 2.40 bits per heavy atom. The molecule has 35 heavy (non-hydrogen) atoms. The average Bonchev–Trinajstić information content (AvgIpc) is 3.08. The number of benzene rings is 2. The molecule has 1 aliphatic rings. The number of carbonyl (C=O) groups excluding carboxylic acids is 2. The monoisotopic (exact) mass is 472 g/mol. The number of carbonyl (C=O) groups is 2. The van der Waals surface area contributed by atoms with Crippen molar-refractivity contribution in [3.05, 3.63) is 94.8 Å². The largest absolute Gasteiger partial charge is 0.508 e. The lowest BCUT2D eigenvalue weighted by Crippen LogP contribution is -2.29. The number of aliphatic hydroxyl groups is 1. The second kappa shape index (κ2) is 9.25. The maximum atomic E-state index is 13.3. The number of hydrogen-bond donors (Lipinski definition) is 2. The van der Waals surface area contributed by atoms with Gasteiger partial charge in [0.25, 0.3) is 11.7 Å². The van der Waals surface area contributed by atoms with E-state index in [0.29, 0.717) is 16.9 Å². The summed E-state index contributed by atoms with van der Waals surface area (Å²) in [5.74, 6) is -1.12. The number of methoxy groups -OCH3 is 1. The van der Waals surface area contributed by atoms with Crippen LogP contribution < -0.4 is 4.74 Å². The van der Waals surface area contributed by atoms with Crippen molar-refractivity contribution < 1.29 is 24.5 Å². The summed E-state index contributed by atoms with van der Waals surface area (Å²) in [4.78, 5) is 31.9. The number of phenolic OH excluding ortho intramolecular Hbond substituents is 1. The van der Waals surface area contributed by atoms with Crippen molar-refractivity contribution in [2.24, 2.45) is 0 Å². The Kier molecular flexibility index (Phi) is 6.35. The van der Waals surface area contributed by atoms with E-state index in [9.17, 15) is 19.8 Å². The molecule has 1 amide bonds. The van der Waals surface area contributed by atoms with E-state index >= 15 is 0 Å². The topological polar surface area (TPSA) is 100.0 Å². The molecular weight excluding hydrogens is 444 g/mol. The average molecular weight is 473 g/mol. The van der Waals surface area contributed by atoms with E-state index in [1.54, 1.807) is 62.0 Å². The predicted molar refractivity (Wildman–Crippen MR) is 132 cm³/mol. The number of aromatic nitrogens is 1. The first-order valence-electron chi connectivity index (χ1n) is 11.3. The van der Waals surface area contributed by atoms with Crippen LogP contribution in [0.4, 0.5) is 0 Å². The first kappa shape index (κ1) is 24.0. The SMILES string of the molecule is COc1ccc(/C(O)=C2/C(=O)C(=O)N(Cc3ccncc3)C2c2cccc(O)c2)cc1C(C)(C)C. The Bertz CT molecular complexity index is 1310. The van der Waals surface area contributed by atoms with Crippen LogP contribution in [0.5, 0.6) is 11.5 Å². The van der Waals surface area contributed by atoms with E-state index in [1.165, 1.54) is 17.0 Å². The number of ketones is 1. The van der Waals surface area contributed by atoms with E-state index in [0.717, 1.165) is 11.1 Å². The molecule has 4 rings (SSSR count). The quantitative estimate of drug-likeness (QED) is 0.317. The lowest BCUT2D eigenvalue weighted by atomic mass is 9.84. The molecule has 1 aliphatic heterocycles. The van der Waals surface area contributed by atoms with Crippen molar-refractivity contribution in [1.29, 1.82) is 0 Å². The number of nitrogens with zero attached hydrogens (tertiary/aromatic N) is 2. The van der Waals surface area contributed by atoms with Crippen molar-refractivity contribution in [1.82, 2.24) is 9.88 Å². The molecule has 1 unspecified atom stereocenters. The van der Waals surface area contributed by atoms with Crippen molar-refractivity contribution >= 4 is 17.4 Å². The summed E-state index contributed by atoms with van der Waals surface area (Å²) in [6, 6.07) is 14.2. The Balaban J connectivity index is 1.90. The highest BCUT2D eigenvalue weighted by Crippen LogP contribution is 2.42. The summed E-state index contributed by atoms with van der Waals surface area (Å²) in [6.07, 6.45) is 3.22. The predicted octanol–water partition coefficient (Wildman–Crippen LogP) is 4.72. The molecule has 0 bridgehead atoms. The van der Waals surface area contributed by atoms with Crippen LogP contribution in [0.2, 0.25) is 0 Å². The summed E-state index contributed by atoms with van der Waals surface area (Å²) in [6.45, 7) is 6.21. The summed E-state index contributed by atoms with van der Waals surface area (Å²) in [5, 5.41) is 21.5. The minimum absolute atomic E-state index is 0.00327. The Hall–Kier alpha value is -4.13. The van der Waals surface area contributed by atoms with Gasteiger partial charge in [-0.3, -0.25) is 14.6 Å². The first-order valence-corrected chi connectivity index (χ1v) is 11.3. The summed E-state index contributed by atoms with van der Waals surface area (Å²) in [7, 11) is 1.58. The van der Waals surface area contributed by atoms with Crippen LogP contribution >= 0.6 is 0 Å². The summed E-state index contributed by atoms with van der Waals surface area (Å²) < 4.78 is 5.50. The van der Waals surface area contributed by atoms with Gasteiger partial charge in [-0.25, -0.2) is 0 Å². The zero-order valence-corrected chi connectivity index (χ0v) is 20.1. The van der Waals surface area contributed by atoms with Crippen molar-refractivity contribution in [3.8, 4) is 11.5 Å². The Labute approximate surface area is 204 Å². The van der Waals surface area contributed by atoms with Crippen LogP contribution in [0.15, 0.2) is 72.6 Å². The van der Waals surface area contributed by atoms with Crippen LogP contribution in [-0.4, -0.2) is 38.9 Å². The van der Waals surface area contributed by atoms with Gasteiger partial charge in [-0.1, -0.05) is 32.9 Å². The lowest BCUT2D eigenvalue weighted by molar-refractivity contribution is -0.140. The molecule has 7 heteroatoms. The third-order valence-corrected chi connectivity index (χ3v) is 6.11. The van der Waals surface area contributed by atoms with E-state index in [-0.39, 0.29) is 29.0 Å². The summed E-state index contributed by atoms with van der Waals surface area (Å²) >= 11 is 0. The molecule has 0 spiro atoms. The lowest BCUT2D eigenvalue weighted by Gasteiger charge is -2.26. The number of ether oxygens (including phenoxy) is 1. The number of Topliss-reactive ketones (excluding diaryl/α,β-unsaturated/α-hetero) is 1. The van der Waals surface area contributed by atoms with Crippen molar-refractivity contribution in [2.45, 2.75) is 38.8 Å². The molecule has 1 saturated heterocycles. The molecule has 7 nitrogen and oxygen atoms in total. The maximum absolute atomic E-state index is 13.3. The fraction of sp³-hybridized carbons (Fsp3) is 0.250. The van der Waals surface area contributed by atoms with Gasteiger partial charge in [0.05, 0.1) is 18.7 Å². The number of pyridine rings is 1. The number of aliphatic hydroxyl groups excluding tert-OH is 1. The van der Waals surface area contributed by atoms with Crippen LogP contribution in [0, 0.1) is 0 Å². The third kappa shape index (κ3) is 4.62. The number of amides is 1. The van der Waals surface area contributed by atoms with Gasteiger partial charge < -0.3 is 19.8 Å². The molecule has 0 radical (unpaired) electrons. The highest BCUT2D eigenvalue weighted by molar-refractivity contribution is 6.46. The van der Waals surface area contributed by atoms with Crippen LogP contribution in [0.3, 0.4) is 0 Å². The smallest absolute Gasteiger partial charge is 0.295 e. The van der Waals surface area contributed by atoms with Crippen LogP contribution in [0.25, 0.3) is 5.76 Å². The maximum Gasteiger partial charge on any atom is 0.295 e. The van der Waals surface area contributed by atoms with Crippen molar-refractivity contribution in [3.63, 3.8) is 0 Å². The standard InChI is InChI=1S/C28H28N2O5/c1-28(2,3)21-15-19(8-9-22(21)35-4)25(32)23-24(18-6-5-7-20(31)14-18)30(27(34)26(23)33)16-17-10-12-29-13-11-17/h5-15,24,31-32H,16H2,1-4H3/b25-23-. The number of hydrogen-bond acceptors (Lipinski definition) is 6. The third-order valence-electron chi connectivity index (χ3n) is 6.11. The van der Waals surface area contributed by atoms with E-state index in [4.69, 9.17) is 4.74 Å². The highest BCUT2D eigenvalue weighted by Gasteiger charge is 2.46. The number of aromatic hydroxyl groups is 1. The van der Waals surface area contributed by atoms with Gasteiger partial charge in [-0.2, -0.15) is 0 Å². The second-order valence-electron chi connectivity index (χ2n) is 9.54. The fourth-order valence-electron chi connectivity index (χ4n) is 4.37. The molecule has 180 valence electrons. The molecule has 0 saturated carbocycles. The van der Waals surface area contributed by atoms with Gasteiger partial charge in [-0.05, 0) is 59.0 Å². The van der Waals surface area contributed by atoms with Gasteiger partial charge in [0.2, 0.25) is 0 Å².